The fourth-order valence-electron chi connectivity index (χ4n) is 1.52. The zero-order valence-corrected chi connectivity index (χ0v) is 8.33. The molecule has 0 radical (unpaired) electrons. The van der Waals surface area contributed by atoms with Crippen LogP contribution in [0.5, 0.6) is 0 Å². The van der Waals surface area contributed by atoms with E-state index in [4.69, 9.17) is 9.84 Å². The molecule has 1 rings (SSSR count). The second-order valence-corrected chi connectivity index (χ2v) is 3.54. The molecule has 15 heavy (non-hydrogen) atoms. The maximum atomic E-state index is 9.82. The molecule has 0 aromatic carbocycles. The Morgan fingerprint density at radius 1 is 1.47 bits per heavy atom. The summed E-state index contributed by atoms with van der Waals surface area (Å²) in [6.45, 7) is 3.41. The summed E-state index contributed by atoms with van der Waals surface area (Å²) in [4.78, 5) is 0. The molecule has 1 fully saturated rings. The maximum Gasteiger partial charge on any atom is 0.208 e. The molecule has 1 unspecified atom stereocenters. The predicted octanol–water partition coefficient (Wildman–Crippen LogP) is -2.44. The molecule has 5 N–H and O–H groups in total. The minimum Gasteiger partial charge on any atom is -0.394 e. The highest BCUT2D eigenvalue weighted by Crippen LogP contribution is 2.28. The van der Waals surface area contributed by atoms with Crippen molar-refractivity contribution < 1.29 is 25.2 Å². The number of aliphatic hydroxyl groups is 4. The molecular formula is C9H17NO5. The monoisotopic (exact) mass is 219 g/mol. The van der Waals surface area contributed by atoms with Crippen molar-refractivity contribution in [2.75, 3.05) is 19.7 Å². The maximum absolute atomic E-state index is 9.82. The summed E-state index contributed by atoms with van der Waals surface area (Å²) in [7, 11) is 0. The Hall–Kier alpha value is -0.500. The molecule has 1 saturated heterocycles. The molecule has 4 atom stereocenters. The van der Waals surface area contributed by atoms with Crippen LogP contribution in [0.4, 0.5) is 0 Å². The first-order valence-corrected chi connectivity index (χ1v) is 4.74. The van der Waals surface area contributed by atoms with Crippen molar-refractivity contribution in [3.63, 3.8) is 0 Å². The van der Waals surface area contributed by atoms with Crippen LogP contribution in [0.15, 0.2) is 12.7 Å². The van der Waals surface area contributed by atoms with Crippen molar-refractivity contribution in [2.45, 2.75) is 24.1 Å². The van der Waals surface area contributed by atoms with Crippen LogP contribution < -0.4 is 5.32 Å². The van der Waals surface area contributed by atoms with E-state index in [-0.39, 0.29) is 6.54 Å². The fraction of sp³-hybridized carbons (Fsp3) is 0.778. The Labute approximate surface area is 87.8 Å². The van der Waals surface area contributed by atoms with Gasteiger partial charge in [-0.15, -0.1) is 6.58 Å². The first kappa shape index (κ1) is 12.6. The molecule has 6 nitrogen and oxygen atoms in total. The Balaban J connectivity index is 2.56. The molecule has 0 spiro atoms. The van der Waals surface area contributed by atoms with Gasteiger partial charge in [0.05, 0.1) is 13.2 Å². The van der Waals surface area contributed by atoms with E-state index in [2.05, 4.69) is 11.9 Å². The number of aliphatic hydroxyl groups excluding tert-OH is 3. The predicted molar refractivity (Wildman–Crippen MR) is 52.0 cm³/mol. The van der Waals surface area contributed by atoms with Gasteiger partial charge in [0.25, 0.3) is 0 Å². The molecule has 1 aliphatic rings. The normalized spacial score (nSPS) is 40.7. The van der Waals surface area contributed by atoms with Gasteiger partial charge in [-0.25, -0.2) is 0 Å². The van der Waals surface area contributed by atoms with Crippen LogP contribution in [0.3, 0.4) is 0 Å². The smallest absolute Gasteiger partial charge is 0.208 e. The number of rotatable bonds is 5. The lowest BCUT2D eigenvalue weighted by Gasteiger charge is -2.25. The van der Waals surface area contributed by atoms with E-state index in [0.29, 0.717) is 6.54 Å². The summed E-state index contributed by atoms with van der Waals surface area (Å²) in [5, 5.41) is 40.3. The lowest BCUT2D eigenvalue weighted by molar-refractivity contribution is -0.226. The molecular weight excluding hydrogens is 202 g/mol. The Morgan fingerprint density at radius 2 is 2.13 bits per heavy atom. The van der Waals surface area contributed by atoms with Gasteiger partial charge in [0, 0.05) is 6.54 Å². The van der Waals surface area contributed by atoms with Gasteiger partial charge in [-0.05, 0) is 0 Å². The van der Waals surface area contributed by atoms with E-state index in [1.54, 1.807) is 6.08 Å². The lowest BCUT2D eigenvalue weighted by Crippen LogP contribution is -2.50. The molecule has 0 aliphatic carbocycles. The Bertz CT molecular complexity index is 225. The number of hydrogen-bond donors (Lipinski definition) is 5. The summed E-state index contributed by atoms with van der Waals surface area (Å²) in [5.74, 6) is -1.87. The second kappa shape index (κ2) is 5.02. The van der Waals surface area contributed by atoms with E-state index >= 15 is 0 Å². The Kier molecular flexibility index (Phi) is 4.21. The van der Waals surface area contributed by atoms with E-state index < -0.39 is 30.7 Å². The highest BCUT2D eigenvalue weighted by atomic mass is 16.7. The van der Waals surface area contributed by atoms with Gasteiger partial charge in [-0.1, -0.05) is 6.08 Å². The minimum atomic E-state index is -1.87. The van der Waals surface area contributed by atoms with Gasteiger partial charge in [0.15, 0.2) is 0 Å². The van der Waals surface area contributed by atoms with Gasteiger partial charge < -0.3 is 30.5 Å². The SMILES string of the molecule is C=CCNCC1(O)O[C@H](CO)[C@@H](O)[C@@H]1O. The Morgan fingerprint density at radius 3 is 2.60 bits per heavy atom. The van der Waals surface area contributed by atoms with Crippen molar-refractivity contribution in [3.8, 4) is 0 Å². The summed E-state index contributed by atoms with van der Waals surface area (Å²) < 4.78 is 4.98. The summed E-state index contributed by atoms with van der Waals surface area (Å²) >= 11 is 0. The molecule has 0 aromatic heterocycles. The number of hydrogen-bond acceptors (Lipinski definition) is 6. The van der Waals surface area contributed by atoms with Crippen molar-refractivity contribution >= 4 is 0 Å². The van der Waals surface area contributed by atoms with E-state index in [1.165, 1.54) is 0 Å². The van der Waals surface area contributed by atoms with Crippen LogP contribution in [0.2, 0.25) is 0 Å². The zero-order chi connectivity index (χ0) is 11.5. The standard InChI is InChI=1S/C9H17NO5/c1-2-3-10-5-9(14)8(13)7(12)6(4-11)15-9/h2,6-8,10-14H,1,3-5H2/t6-,7-,8+,9?/m1/s1. The van der Waals surface area contributed by atoms with Gasteiger partial charge in [-0.3, -0.25) is 0 Å². The zero-order valence-electron chi connectivity index (χ0n) is 8.33. The molecule has 0 amide bonds. The number of nitrogens with one attached hydrogen (secondary N) is 1. The second-order valence-electron chi connectivity index (χ2n) is 3.54. The summed E-state index contributed by atoms with van der Waals surface area (Å²) in [6, 6.07) is 0. The summed E-state index contributed by atoms with van der Waals surface area (Å²) in [5.41, 5.74) is 0. The third kappa shape index (κ3) is 2.54. The lowest BCUT2D eigenvalue weighted by atomic mass is 10.1. The molecule has 0 aromatic rings. The fourth-order valence-corrected chi connectivity index (χ4v) is 1.52. The highest BCUT2D eigenvalue weighted by molar-refractivity contribution is 4.96. The third-order valence-electron chi connectivity index (χ3n) is 2.37. The van der Waals surface area contributed by atoms with Gasteiger partial charge in [0.1, 0.15) is 18.3 Å². The van der Waals surface area contributed by atoms with Crippen LogP contribution in [0.1, 0.15) is 0 Å². The third-order valence-corrected chi connectivity index (χ3v) is 2.37. The van der Waals surface area contributed by atoms with Crippen molar-refractivity contribution in [1.82, 2.24) is 5.32 Å². The van der Waals surface area contributed by atoms with E-state index in [9.17, 15) is 15.3 Å². The van der Waals surface area contributed by atoms with E-state index in [0.717, 1.165) is 0 Å². The molecule has 6 heteroatoms. The van der Waals surface area contributed by atoms with Gasteiger partial charge >= 0.3 is 0 Å². The number of ether oxygens (including phenoxy) is 1. The van der Waals surface area contributed by atoms with Crippen molar-refractivity contribution in [3.05, 3.63) is 12.7 Å². The van der Waals surface area contributed by atoms with Crippen LogP contribution in [0.25, 0.3) is 0 Å². The first-order valence-electron chi connectivity index (χ1n) is 4.74. The molecule has 88 valence electrons. The van der Waals surface area contributed by atoms with Crippen LogP contribution in [0, 0.1) is 0 Å². The van der Waals surface area contributed by atoms with Crippen LogP contribution in [-0.2, 0) is 4.74 Å². The first-order chi connectivity index (χ1) is 7.05. The average Bonchev–Trinajstić information content (AvgIpc) is 2.44. The molecule has 0 bridgehead atoms. The topological polar surface area (TPSA) is 102 Å². The highest BCUT2D eigenvalue weighted by Gasteiger charge is 2.52. The minimum absolute atomic E-state index is 0.0479. The molecule has 0 saturated carbocycles. The largest absolute Gasteiger partial charge is 0.394 e. The molecule has 1 heterocycles. The van der Waals surface area contributed by atoms with Gasteiger partial charge in [-0.2, -0.15) is 0 Å². The van der Waals surface area contributed by atoms with Crippen molar-refractivity contribution in [1.29, 1.82) is 0 Å². The van der Waals surface area contributed by atoms with E-state index in [1.807, 2.05) is 0 Å². The average molecular weight is 219 g/mol. The summed E-state index contributed by atoms with van der Waals surface area (Å²) in [6.07, 6.45) is -2.10. The van der Waals surface area contributed by atoms with Crippen molar-refractivity contribution in [2.24, 2.45) is 0 Å². The van der Waals surface area contributed by atoms with Crippen LogP contribution in [-0.4, -0.2) is 64.2 Å². The quantitative estimate of drug-likeness (QED) is 0.260. The molecule has 1 aliphatic heterocycles. The van der Waals surface area contributed by atoms with Crippen LogP contribution >= 0.6 is 0 Å². The van der Waals surface area contributed by atoms with Gasteiger partial charge in [0.2, 0.25) is 5.79 Å².